The number of nitrogens with one attached hydrogen (secondary N) is 1. The van der Waals surface area contributed by atoms with E-state index in [4.69, 9.17) is 9.72 Å². The van der Waals surface area contributed by atoms with Crippen LogP contribution in [0.4, 0.5) is 4.79 Å². The van der Waals surface area contributed by atoms with E-state index in [0.29, 0.717) is 13.1 Å². The van der Waals surface area contributed by atoms with E-state index in [2.05, 4.69) is 27.9 Å². The molecule has 3 rings (SSSR count). The number of imidazole rings is 1. The Bertz CT molecular complexity index is 940. The highest BCUT2D eigenvalue weighted by atomic mass is 16.6. The zero-order chi connectivity index (χ0) is 19.4. The third-order valence-electron chi connectivity index (χ3n) is 4.32. The van der Waals surface area contributed by atoms with Crippen molar-refractivity contribution >= 4 is 28.0 Å². The molecule has 0 bridgehead atoms. The predicted molar refractivity (Wildman–Crippen MR) is 108 cm³/mol. The lowest BCUT2D eigenvalue weighted by Gasteiger charge is -2.20. The Labute approximate surface area is 159 Å². The molecule has 0 saturated carbocycles. The molecule has 3 aromatic rings. The van der Waals surface area contributed by atoms with E-state index in [1.165, 1.54) is 0 Å². The normalized spacial score (nSPS) is 11.9. The van der Waals surface area contributed by atoms with Gasteiger partial charge >= 0.3 is 6.09 Å². The largest absolute Gasteiger partial charge is 0.444 e. The number of aromatic nitrogens is 3. The number of pyridine rings is 1. The van der Waals surface area contributed by atoms with Crippen LogP contribution in [0, 0.1) is 0 Å². The highest BCUT2D eigenvalue weighted by Crippen LogP contribution is 2.25. The molecule has 1 N–H and O–H groups in total. The molecule has 0 aliphatic heterocycles. The van der Waals surface area contributed by atoms with Crippen molar-refractivity contribution in [2.45, 2.75) is 59.1 Å². The summed E-state index contributed by atoms with van der Waals surface area (Å²) in [6.07, 6.45) is 4.54. The molecule has 0 unspecified atom stereocenters. The standard InChI is InChI=1S/C21H28N4O2/c1-5-6-11-18-24-17-14-23-16-10-8-7-9-15(16)19(17)25(18)13-12-22-20(26)27-21(2,3)4/h7-10,14H,5-6,11-13H2,1-4H3,(H,22,26). The zero-order valence-electron chi connectivity index (χ0n) is 16.6. The van der Waals surface area contributed by atoms with Crippen LogP contribution in [-0.4, -0.2) is 32.8 Å². The summed E-state index contributed by atoms with van der Waals surface area (Å²) in [5.41, 5.74) is 2.43. The van der Waals surface area contributed by atoms with Gasteiger partial charge in [-0.15, -0.1) is 0 Å². The highest BCUT2D eigenvalue weighted by Gasteiger charge is 2.17. The first-order valence-corrected chi connectivity index (χ1v) is 9.59. The van der Waals surface area contributed by atoms with E-state index in [-0.39, 0.29) is 0 Å². The molecule has 6 nitrogen and oxygen atoms in total. The molecule has 27 heavy (non-hydrogen) atoms. The first-order chi connectivity index (χ1) is 12.9. The average Bonchev–Trinajstić information content (AvgIpc) is 2.96. The fourth-order valence-electron chi connectivity index (χ4n) is 3.16. The Morgan fingerprint density at radius 2 is 2.00 bits per heavy atom. The third kappa shape index (κ3) is 4.56. The smallest absolute Gasteiger partial charge is 0.407 e. The number of unbranched alkanes of at least 4 members (excludes halogenated alkanes) is 1. The number of alkyl carbamates (subject to hydrolysis) is 1. The van der Waals surface area contributed by atoms with Crippen LogP contribution in [0.15, 0.2) is 30.5 Å². The van der Waals surface area contributed by atoms with Crippen LogP contribution in [0.5, 0.6) is 0 Å². The minimum atomic E-state index is -0.500. The van der Waals surface area contributed by atoms with Gasteiger partial charge in [-0.05, 0) is 33.3 Å². The van der Waals surface area contributed by atoms with E-state index >= 15 is 0 Å². The molecule has 0 atom stereocenters. The lowest BCUT2D eigenvalue weighted by atomic mass is 10.2. The third-order valence-corrected chi connectivity index (χ3v) is 4.32. The van der Waals surface area contributed by atoms with Gasteiger partial charge in [0, 0.05) is 24.9 Å². The van der Waals surface area contributed by atoms with Crippen molar-refractivity contribution in [2.75, 3.05) is 6.54 Å². The van der Waals surface area contributed by atoms with Crippen molar-refractivity contribution in [1.29, 1.82) is 0 Å². The summed E-state index contributed by atoms with van der Waals surface area (Å²) in [7, 11) is 0. The van der Waals surface area contributed by atoms with Crippen LogP contribution in [0.25, 0.3) is 21.9 Å². The fourth-order valence-corrected chi connectivity index (χ4v) is 3.16. The highest BCUT2D eigenvalue weighted by molar-refractivity contribution is 6.02. The van der Waals surface area contributed by atoms with Crippen molar-refractivity contribution in [3.05, 3.63) is 36.3 Å². The summed E-state index contributed by atoms with van der Waals surface area (Å²) in [6.45, 7) is 8.88. The van der Waals surface area contributed by atoms with Crippen LogP contribution >= 0.6 is 0 Å². The molecular formula is C21H28N4O2. The first kappa shape index (κ1) is 19.1. The van der Waals surface area contributed by atoms with E-state index in [9.17, 15) is 4.79 Å². The molecule has 0 aliphatic rings. The maximum atomic E-state index is 12.0. The fraction of sp³-hybridized carbons (Fsp3) is 0.476. The molecule has 0 radical (unpaired) electrons. The molecule has 6 heteroatoms. The number of benzene rings is 1. The van der Waals surface area contributed by atoms with Gasteiger partial charge in [-0.3, -0.25) is 4.98 Å². The van der Waals surface area contributed by atoms with Crippen LogP contribution < -0.4 is 5.32 Å². The Morgan fingerprint density at radius 1 is 1.22 bits per heavy atom. The number of ether oxygens (including phenoxy) is 1. The van der Waals surface area contributed by atoms with E-state index in [0.717, 1.165) is 47.0 Å². The lowest BCUT2D eigenvalue weighted by Crippen LogP contribution is -2.34. The molecule has 144 valence electrons. The number of fused-ring (bicyclic) bond motifs is 3. The number of hydrogen-bond acceptors (Lipinski definition) is 4. The number of carbonyl (C=O) groups is 1. The number of nitrogens with zero attached hydrogens (tertiary/aromatic N) is 3. The van der Waals surface area contributed by atoms with Gasteiger partial charge in [-0.25, -0.2) is 9.78 Å². The van der Waals surface area contributed by atoms with Crippen LogP contribution in [0.2, 0.25) is 0 Å². The SMILES string of the molecule is CCCCc1nc2cnc3ccccc3c2n1CCNC(=O)OC(C)(C)C. The van der Waals surface area contributed by atoms with E-state index < -0.39 is 11.7 Å². The average molecular weight is 368 g/mol. The molecule has 0 saturated heterocycles. The summed E-state index contributed by atoms with van der Waals surface area (Å²) < 4.78 is 7.54. The van der Waals surface area contributed by atoms with E-state index in [1.807, 2.05) is 45.2 Å². The minimum absolute atomic E-state index is 0.395. The topological polar surface area (TPSA) is 69.0 Å². The lowest BCUT2D eigenvalue weighted by molar-refractivity contribution is 0.0526. The number of hydrogen-bond donors (Lipinski definition) is 1. The molecule has 1 amide bonds. The molecule has 0 spiro atoms. The van der Waals surface area contributed by atoms with Gasteiger partial charge in [-0.2, -0.15) is 0 Å². The maximum absolute atomic E-state index is 12.0. The monoisotopic (exact) mass is 368 g/mol. The predicted octanol–water partition coefficient (Wildman–Crippen LogP) is 4.45. The number of carbonyl (C=O) groups excluding carboxylic acids is 1. The van der Waals surface area contributed by atoms with Crippen molar-refractivity contribution in [2.24, 2.45) is 0 Å². The number of rotatable bonds is 6. The Morgan fingerprint density at radius 3 is 2.74 bits per heavy atom. The Hall–Kier alpha value is -2.63. The van der Waals surface area contributed by atoms with Crippen LogP contribution in [-0.2, 0) is 17.7 Å². The van der Waals surface area contributed by atoms with Crippen LogP contribution in [0.3, 0.4) is 0 Å². The Balaban J connectivity index is 1.89. The summed E-state index contributed by atoms with van der Waals surface area (Å²) in [4.78, 5) is 21.3. The van der Waals surface area contributed by atoms with Crippen molar-refractivity contribution in [1.82, 2.24) is 19.9 Å². The molecule has 0 aliphatic carbocycles. The number of para-hydroxylation sites is 1. The van der Waals surface area contributed by atoms with Crippen molar-refractivity contribution < 1.29 is 9.53 Å². The summed E-state index contributed by atoms with van der Waals surface area (Å²) >= 11 is 0. The second-order valence-electron chi connectivity index (χ2n) is 7.72. The van der Waals surface area contributed by atoms with Gasteiger partial charge in [0.25, 0.3) is 0 Å². The molecular weight excluding hydrogens is 340 g/mol. The molecule has 0 fully saturated rings. The number of amides is 1. The first-order valence-electron chi connectivity index (χ1n) is 9.59. The van der Waals surface area contributed by atoms with Gasteiger partial charge in [0.15, 0.2) is 0 Å². The number of aryl methyl sites for hydroxylation is 1. The zero-order valence-corrected chi connectivity index (χ0v) is 16.6. The van der Waals surface area contributed by atoms with Gasteiger partial charge in [0.05, 0.1) is 17.2 Å². The van der Waals surface area contributed by atoms with Gasteiger partial charge < -0.3 is 14.6 Å². The van der Waals surface area contributed by atoms with Gasteiger partial charge in [-0.1, -0.05) is 31.5 Å². The molecule has 2 aromatic heterocycles. The minimum Gasteiger partial charge on any atom is -0.444 e. The molecule has 1 aromatic carbocycles. The summed E-state index contributed by atoms with van der Waals surface area (Å²) in [6, 6.07) is 8.10. The van der Waals surface area contributed by atoms with Gasteiger partial charge in [0.2, 0.25) is 0 Å². The molecule has 2 heterocycles. The second-order valence-corrected chi connectivity index (χ2v) is 7.72. The second kappa shape index (κ2) is 7.94. The summed E-state index contributed by atoms with van der Waals surface area (Å²) in [5, 5.41) is 3.93. The Kier molecular flexibility index (Phi) is 5.63. The maximum Gasteiger partial charge on any atom is 0.407 e. The van der Waals surface area contributed by atoms with Crippen molar-refractivity contribution in [3.63, 3.8) is 0 Å². The van der Waals surface area contributed by atoms with Gasteiger partial charge in [0.1, 0.15) is 16.9 Å². The quantitative estimate of drug-likeness (QED) is 0.698. The van der Waals surface area contributed by atoms with E-state index in [1.54, 1.807) is 0 Å². The van der Waals surface area contributed by atoms with Crippen molar-refractivity contribution in [3.8, 4) is 0 Å². The summed E-state index contributed by atoms with van der Waals surface area (Å²) in [5.74, 6) is 1.04. The van der Waals surface area contributed by atoms with Crippen LogP contribution in [0.1, 0.15) is 46.4 Å².